The Morgan fingerprint density at radius 1 is 1.31 bits per heavy atom. The zero-order valence-electron chi connectivity index (χ0n) is 16.0. The Labute approximate surface area is 155 Å². The Bertz CT molecular complexity index is 654. The molecule has 142 valence electrons. The Morgan fingerprint density at radius 2 is 2.19 bits per heavy atom. The van der Waals surface area contributed by atoms with E-state index in [1.54, 1.807) is 18.7 Å². The number of hydrogen-bond acceptors (Lipinski definition) is 4. The number of pyridine rings is 1. The summed E-state index contributed by atoms with van der Waals surface area (Å²) in [7, 11) is 0. The summed E-state index contributed by atoms with van der Waals surface area (Å²) in [6.07, 6.45) is 8.11. The molecule has 2 N–H and O–H groups in total. The van der Waals surface area contributed by atoms with Crippen LogP contribution >= 0.6 is 0 Å². The van der Waals surface area contributed by atoms with Gasteiger partial charge in [0.25, 0.3) is 0 Å². The van der Waals surface area contributed by atoms with Gasteiger partial charge in [0.15, 0.2) is 5.96 Å². The largest absolute Gasteiger partial charge is 0.381 e. The van der Waals surface area contributed by atoms with E-state index in [9.17, 15) is 0 Å². The lowest BCUT2D eigenvalue weighted by Crippen LogP contribution is -2.38. The average Bonchev–Trinajstić information content (AvgIpc) is 3.17. The monoisotopic (exact) mass is 358 g/mol. The zero-order valence-corrected chi connectivity index (χ0v) is 16.0. The number of aromatic nitrogens is 3. The molecule has 0 spiro atoms. The molecule has 0 saturated carbocycles. The van der Waals surface area contributed by atoms with Crippen molar-refractivity contribution < 1.29 is 4.74 Å². The van der Waals surface area contributed by atoms with Crippen LogP contribution in [0.5, 0.6) is 0 Å². The van der Waals surface area contributed by atoms with Crippen molar-refractivity contribution in [3.8, 4) is 5.82 Å². The van der Waals surface area contributed by atoms with E-state index in [0.29, 0.717) is 12.5 Å². The Hall–Kier alpha value is -2.41. The Balaban J connectivity index is 1.83. The first-order valence-corrected chi connectivity index (χ1v) is 9.22. The molecule has 0 amide bonds. The summed E-state index contributed by atoms with van der Waals surface area (Å²) in [5, 5.41) is 6.62. The van der Waals surface area contributed by atoms with Crippen molar-refractivity contribution in [3.05, 3.63) is 42.6 Å². The summed E-state index contributed by atoms with van der Waals surface area (Å²) < 4.78 is 7.48. The second-order valence-electron chi connectivity index (χ2n) is 6.44. The molecule has 0 aliphatic rings. The summed E-state index contributed by atoms with van der Waals surface area (Å²) >= 11 is 0. The fourth-order valence-electron chi connectivity index (χ4n) is 2.31. The van der Waals surface area contributed by atoms with Crippen molar-refractivity contribution in [2.45, 2.75) is 33.7 Å². The predicted molar refractivity (Wildman–Crippen MR) is 104 cm³/mol. The van der Waals surface area contributed by atoms with Crippen molar-refractivity contribution in [1.29, 1.82) is 0 Å². The summed E-state index contributed by atoms with van der Waals surface area (Å²) in [5.41, 5.74) is 1.10. The van der Waals surface area contributed by atoms with Crippen molar-refractivity contribution in [1.82, 2.24) is 25.2 Å². The maximum absolute atomic E-state index is 5.60. The minimum Gasteiger partial charge on any atom is -0.381 e. The molecular formula is C19H30N6O. The highest BCUT2D eigenvalue weighted by Gasteiger charge is 2.01. The van der Waals surface area contributed by atoms with Gasteiger partial charge in [0, 0.05) is 44.9 Å². The molecule has 0 bridgehead atoms. The van der Waals surface area contributed by atoms with Gasteiger partial charge in [0.05, 0.1) is 6.54 Å². The van der Waals surface area contributed by atoms with Gasteiger partial charge in [-0.15, -0.1) is 0 Å². The molecule has 0 fully saturated rings. The molecule has 7 heteroatoms. The highest BCUT2D eigenvalue weighted by Crippen LogP contribution is 2.07. The summed E-state index contributed by atoms with van der Waals surface area (Å²) in [6, 6.07) is 4.00. The van der Waals surface area contributed by atoms with E-state index in [-0.39, 0.29) is 0 Å². The van der Waals surface area contributed by atoms with E-state index in [2.05, 4.69) is 46.4 Å². The lowest BCUT2D eigenvalue weighted by Gasteiger charge is -2.12. The number of hydrogen-bond donors (Lipinski definition) is 2. The number of nitrogens with one attached hydrogen (secondary N) is 2. The van der Waals surface area contributed by atoms with E-state index in [4.69, 9.17) is 4.74 Å². The highest BCUT2D eigenvalue weighted by atomic mass is 16.5. The van der Waals surface area contributed by atoms with E-state index in [0.717, 1.165) is 50.1 Å². The third-order valence-electron chi connectivity index (χ3n) is 3.55. The van der Waals surface area contributed by atoms with Crippen LogP contribution in [0.2, 0.25) is 0 Å². The van der Waals surface area contributed by atoms with Crippen LogP contribution in [0.1, 0.15) is 32.8 Å². The highest BCUT2D eigenvalue weighted by molar-refractivity contribution is 5.79. The van der Waals surface area contributed by atoms with Crippen molar-refractivity contribution in [2.24, 2.45) is 10.9 Å². The van der Waals surface area contributed by atoms with Crippen LogP contribution in [0, 0.1) is 5.92 Å². The van der Waals surface area contributed by atoms with Gasteiger partial charge >= 0.3 is 0 Å². The Kier molecular flexibility index (Phi) is 8.62. The molecular weight excluding hydrogens is 328 g/mol. The predicted octanol–water partition coefficient (Wildman–Crippen LogP) is 2.39. The van der Waals surface area contributed by atoms with Gasteiger partial charge in [-0.25, -0.2) is 15.0 Å². The number of rotatable bonds is 10. The van der Waals surface area contributed by atoms with E-state index < -0.39 is 0 Å². The minimum absolute atomic E-state index is 0.578. The molecule has 2 aromatic rings. The second kappa shape index (κ2) is 11.3. The van der Waals surface area contributed by atoms with Crippen LogP contribution in [0.25, 0.3) is 5.82 Å². The quantitative estimate of drug-likeness (QED) is 0.387. The van der Waals surface area contributed by atoms with Crippen molar-refractivity contribution in [3.63, 3.8) is 0 Å². The standard InChI is InChI=1S/C19H30N6O/c1-4-21-19(23-7-5-11-26-14-16(2)3)24-13-17-6-8-22-18(12-17)25-10-9-20-15-25/h6,8-10,12,15-16H,4-5,7,11,13-14H2,1-3H3,(H2,21,23,24). The van der Waals surface area contributed by atoms with E-state index in [1.165, 1.54) is 0 Å². The first-order chi connectivity index (χ1) is 12.7. The van der Waals surface area contributed by atoms with Crippen LogP contribution < -0.4 is 10.6 Å². The molecule has 2 aromatic heterocycles. The number of guanidine groups is 1. The molecule has 0 aliphatic heterocycles. The molecule has 7 nitrogen and oxygen atoms in total. The van der Waals surface area contributed by atoms with Crippen LogP contribution in [0.4, 0.5) is 0 Å². The first-order valence-electron chi connectivity index (χ1n) is 9.22. The summed E-state index contributed by atoms with van der Waals surface area (Å²) in [6.45, 7) is 10.2. The number of aliphatic imine (C=N–C) groups is 1. The van der Waals surface area contributed by atoms with Crippen LogP contribution in [0.15, 0.2) is 42.0 Å². The SMILES string of the molecule is CCNC(=NCc1ccnc(-n2ccnc2)c1)NCCCOCC(C)C. The van der Waals surface area contributed by atoms with E-state index in [1.807, 2.05) is 22.9 Å². The topological polar surface area (TPSA) is 76.4 Å². The van der Waals surface area contributed by atoms with Crippen LogP contribution in [0.3, 0.4) is 0 Å². The third-order valence-corrected chi connectivity index (χ3v) is 3.55. The van der Waals surface area contributed by atoms with Crippen LogP contribution in [-0.2, 0) is 11.3 Å². The lowest BCUT2D eigenvalue weighted by atomic mass is 10.2. The lowest BCUT2D eigenvalue weighted by molar-refractivity contribution is 0.108. The smallest absolute Gasteiger partial charge is 0.191 e. The fourth-order valence-corrected chi connectivity index (χ4v) is 2.31. The minimum atomic E-state index is 0.578. The van der Waals surface area contributed by atoms with Gasteiger partial charge < -0.3 is 15.4 Å². The van der Waals surface area contributed by atoms with Gasteiger partial charge in [0.2, 0.25) is 0 Å². The van der Waals surface area contributed by atoms with Crippen LogP contribution in [-0.4, -0.2) is 46.8 Å². The third kappa shape index (κ3) is 7.23. The van der Waals surface area contributed by atoms with E-state index >= 15 is 0 Å². The van der Waals surface area contributed by atoms with Gasteiger partial charge in [-0.1, -0.05) is 13.8 Å². The number of ether oxygens (including phenoxy) is 1. The fraction of sp³-hybridized carbons (Fsp3) is 0.526. The first kappa shape index (κ1) is 19.9. The molecule has 0 aliphatic carbocycles. The van der Waals surface area contributed by atoms with Gasteiger partial charge in [-0.2, -0.15) is 0 Å². The number of nitrogens with zero attached hydrogens (tertiary/aromatic N) is 4. The van der Waals surface area contributed by atoms with Gasteiger partial charge in [-0.3, -0.25) is 4.57 Å². The Morgan fingerprint density at radius 3 is 2.92 bits per heavy atom. The maximum Gasteiger partial charge on any atom is 0.191 e. The number of imidazole rings is 1. The molecule has 0 atom stereocenters. The maximum atomic E-state index is 5.60. The summed E-state index contributed by atoms with van der Waals surface area (Å²) in [4.78, 5) is 13.1. The molecule has 0 radical (unpaired) electrons. The van der Waals surface area contributed by atoms with Gasteiger partial charge in [0.1, 0.15) is 12.1 Å². The zero-order chi connectivity index (χ0) is 18.6. The average molecular weight is 358 g/mol. The molecule has 2 rings (SSSR count). The molecule has 0 aromatic carbocycles. The molecule has 2 heterocycles. The molecule has 0 unspecified atom stereocenters. The van der Waals surface area contributed by atoms with Crippen molar-refractivity contribution >= 4 is 5.96 Å². The second-order valence-corrected chi connectivity index (χ2v) is 6.44. The van der Waals surface area contributed by atoms with Crippen molar-refractivity contribution in [2.75, 3.05) is 26.3 Å². The summed E-state index contributed by atoms with van der Waals surface area (Å²) in [5.74, 6) is 2.24. The molecule has 0 saturated heterocycles. The normalized spacial score (nSPS) is 11.8. The molecule has 26 heavy (non-hydrogen) atoms. The van der Waals surface area contributed by atoms with Gasteiger partial charge in [-0.05, 0) is 37.0 Å².